The van der Waals surface area contributed by atoms with Gasteiger partial charge in [-0.2, -0.15) is 0 Å². The van der Waals surface area contributed by atoms with Gasteiger partial charge in [0.25, 0.3) is 5.91 Å². The lowest BCUT2D eigenvalue weighted by molar-refractivity contribution is 0.102. The second-order valence-corrected chi connectivity index (χ2v) is 4.22. The summed E-state index contributed by atoms with van der Waals surface area (Å²) < 4.78 is 0. The van der Waals surface area contributed by atoms with E-state index in [1.807, 2.05) is 19.1 Å². The average Bonchev–Trinajstić information content (AvgIpc) is 2.92. The van der Waals surface area contributed by atoms with E-state index in [4.69, 9.17) is 5.11 Å². The predicted molar refractivity (Wildman–Crippen MR) is 76.3 cm³/mol. The molecule has 2 aromatic rings. The third-order valence-corrected chi connectivity index (χ3v) is 2.61. The molecule has 0 aliphatic rings. The Morgan fingerprint density at radius 1 is 1.50 bits per heavy atom. The first kappa shape index (κ1) is 13.8. The van der Waals surface area contributed by atoms with E-state index in [2.05, 4.69) is 27.1 Å². The lowest BCUT2D eigenvalue weighted by atomic mass is 10.0. The molecule has 1 aromatic heterocycles. The van der Waals surface area contributed by atoms with Gasteiger partial charge < -0.3 is 10.1 Å². The van der Waals surface area contributed by atoms with E-state index in [9.17, 15) is 4.79 Å². The lowest BCUT2D eigenvalue weighted by Gasteiger charge is -2.05. The van der Waals surface area contributed by atoms with Gasteiger partial charge >= 0.3 is 0 Å². The Morgan fingerprint density at radius 3 is 3.05 bits per heavy atom. The third kappa shape index (κ3) is 3.46. The Balaban J connectivity index is 2.26. The summed E-state index contributed by atoms with van der Waals surface area (Å²) >= 11 is 0. The first-order valence-electron chi connectivity index (χ1n) is 6.22. The Bertz CT molecular complexity index is 651. The van der Waals surface area contributed by atoms with Gasteiger partial charge in [0.1, 0.15) is 0 Å². The number of H-pyrrole nitrogens is 1. The van der Waals surface area contributed by atoms with E-state index in [-0.39, 0.29) is 12.5 Å². The Labute approximate surface area is 117 Å². The van der Waals surface area contributed by atoms with Crippen molar-refractivity contribution in [1.29, 1.82) is 0 Å². The lowest BCUT2D eigenvalue weighted by Crippen LogP contribution is -2.14. The highest BCUT2D eigenvalue weighted by atomic mass is 16.2. The molecule has 0 aliphatic carbocycles. The molecule has 0 unspecified atom stereocenters. The molecule has 1 heterocycles. The number of aliphatic hydroxyl groups is 1. The number of carbonyl (C=O) groups excluding carboxylic acids is 1. The molecule has 0 spiro atoms. The molecule has 0 atom stereocenters. The van der Waals surface area contributed by atoms with Crippen LogP contribution in [0, 0.1) is 18.8 Å². The van der Waals surface area contributed by atoms with Crippen molar-refractivity contribution in [3.05, 3.63) is 47.3 Å². The fraction of sp³-hybridized carbons (Fsp3) is 0.200. The standard InChI is InChI=1S/C15H15N3O2/c1-11-5-6-13(12(10-11)4-2-3-9-19)14(20)18-15-16-7-8-17-15/h5-8,10,19H,3,9H2,1H3,(H2,16,17,18,20). The van der Waals surface area contributed by atoms with Gasteiger partial charge in [-0.1, -0.05) is 17.9 Å². The smallest absolute Gasteiger partial charge is 0.259 e. The molecule has 3 N–H and O–H groups in total. The van der Waals surface area contributed by atoms with E-state index < -0.39 is 0 Å². The Kier molecular flexibility index (Phi) is 4.53. The number of carbonyl (C=O) groups is 1. The number of aryl methyl sites for hydroxylation is 1. The summed E-state index contributed by atoms with van der Waals surface area (Å²) in [5, 5.41) is 11.4. The Morgan fingerprint density at radius 2 is 2.35 bits per heavy atom. The van der Waals surface area contributed by atoms with Crippen LogP contribution >= 0.6 is 0 Å². The molecule has 0 radical (unpaired) electrons. The summed E-state index contributed by atoms with van der Waals surface area (Å²) in [5.74, 6) is 5.87. The number of nitrogens with one attached hydrogen (secondary N) is 2. The number of aromatic amines is 1. The maximum Gasteiger partial charge on any atom is 0.259 e. The molecule has 102 valence electrons. The highest BCUT2D eigenvalue weighted by molar-refractivity contribution is 6.05. The van der Waals surface area contributed by atoms with Crippen LogP contribution < -0.4 is 5.32 Å². The maximum absolute atomic E-state index is 12.2. The second-order valence-electron chi connectivity index (χ2n) is 4.22. The second kappa shape index (κ2) is 6.55. The molecule has 5 nitrogen and oxygen atoms in total. The molecule has 0 saturated heterocycles. The van der Waals surface area contributed by atoms with Crippen LogP contribution in [0.1, 0.15) is 27.9 Å². The molecule has 20 heavy (non-hydrogen) atoms. The number of hydrogen-bond acceptors (Lipinski definition) is 3. The van der Waals surface area contributed by atoms with E-state index in [1.54, 1.807) is 18.5 Å². The summed E-state index contributed by atoms with van der Waals surface area (Å²) in [7, 11) is 0. The molecule has 1 aromatic carbocycles. The van der Waals surface area contributed by atoms with Gasteiger partial charge in [0, 0.05) is 24.4 Å². The van der Waals surface area contributed by atoms with Gasteiger partial charge in [-0.15, -0.1) is 0 Å². The van der Waals surface area contributed by atoms with Crippen molar-refractivity contribution in [2.24, 2.45) is 0 Å². The minimum atomic E-state index is -0.270. The van der Waals surface area contributed by atoms with Gasteiger partial charge in [-0.3, -0.25) is 10.1 Å². The minimum absolute atomic E-state index is 0.00669. The number of nitrogens with zero attached hydrogens (tertiary/aromatic N) is 1. The number of anilines is 1. The van der Waals surface area contributed by atoms with Crippen LogP contribution in [0.15, 0.2) is 30.6 Å². The molecular weight excluding hydrogens is 254 g/mol. The number of benzene rings is 1. The van der Waals surface area contributed by atoms with E-state index >= 15 is 0 Å². The SMILES string of the molecule is Cc1ccc(C(=O)Nc2ncc[nH]2)c(C#CCCO)c1. The highest BCUT2D eigenvalue weighted by Crippen LogP contribution is 2.12. The fourth-order valence-electron chi connectivity index (χ4n) is 1.68. The van der Waals surface area contributed by atoms with Crippen LogP contribution in [0.25, 0.3) is 0 Å². The van der Waals surface area contributed by atoms with Crippen LogP contribution in [0.4, 0.5) is 5.95 Å². The Hall–Kier alpha value is -2.58. The van der Waals surface area contributed by atoms with Crippen LogP contribution in [0.3, 0.4) is 0 Å². The van der Waals surface area contributed by atoms with Crippen molar-refractivity contribution < 1.29 is 9.90 Å². The normalized spacial score (nSPS) is 9.70. The van der Waals surface area contributed by atoms with Crippen molar-refractivity contribution in [2.75, 3.05) is 11.9 Å². The quantitative estimate of drug-likeness (QED) is 0.742. The molecule has 5 heteroatoms. The number of aromatic nitrogens is 2. The van der Waals surface area contributed by atoms with Gasteiger partial charge in [0.2, 0.25) is 5.95 Å². The third-order valence-electron chi connectivity index (χ3n) is 2.61. The summed E-state index contributed by atoms with van der Waals surface area (Å²) in [4.78, 5) is 18.9. The summed E-state index contributed by atoms with van der Waals surface area (Å²) in [6, 6.07) is 5.44. The monoisotopic (exact) mass is 269 g/mol. The van der Waals surface area contributed by atoms with Crippen LogP contribution in [0.5, 0.6) is 0 Å². The molecule has 2 rings (SSSR count). The average molecular weight is 269 g/mol. The molecule has 1 amide bonds. The molecule has 0 bridgehead atoms. The topological polar surface area (TPSA) is 78.0 Å². The predicted octanol–water partition coefficient (Wildman–Crippen LogP) is 1.70. The van der Waals surface area contributed by atoms with Gasteiger partial charge in [-0.25, -0.2) is 4.98 Å². The molecular formula is C15H15N3O2. The fourth-order valence-corrected chi connectivity index (χ4v) is 1.68. The summed E-state index contributed by atoms with van der Waals surface area (Å²) in [6.45, 7) is 1.94. The first-order chi connectivity index (χ1) is 9.70. The largest absolute Gasteiger partial charge is 0.395 e. The number of hydrogen-bond donors (Lipinski definition) is 3. The van der Waals surface area contributed by atoms with Crippen molar-refractivity contribution in [1.82, 2.24) is 9.97 Å². The number of amides is 1. The maximum atomic E-state index is 12.2. The van der Waals surface area contributed by atoms with Gasteiger partial charge in [0.05, 0.1) is 12.2 Å². The zero-order valence-electron chi connectivity index (χ0n) is 11.1. The zero-order chi connectivity index (χ0) is 14.4. The minimum Gasteiger partial charge on any atom is -0.395 e. The van der Waals surface area contributed by atoms with E-state index in [0.717, 1.165) is 5.56 Å². The van der Waals surface area contributed by atoms with Crippen molar-refractivity contribution in [3.63, 3.8) is 0 Å². The zero-order valence-corrected chi connectivity index (χ0v) is 11.1. The van der Waals surface area contributed by atoms with Crippen LogP contribution in [0.2, 0.25) is 0 Å². The van der Waals surface area contributed by atoms with Gasteiger partial charge in [0.15, 0.2) is 0 Å². The molecule has 0 saturated carbocycles. The first-order valence-corrected chi connectivity index (χ1v) is 6.22. The molecule has 0 aliphatic heterocycles. The highest BCUT2D eigenvalue weighted by Gasteiger charge is 2.11. The number of rotatable bonds is 3. The number of aliphatic hydroxyl groups excluding tert-OH is 1. The van der Waals surface area contributed by atoms with E-state index in [1.165, 1.54) is 0 Å². The summed E-state index contributed by atoms with van der Waals surface area (Å²) in [5.41, 5.74) is 2.15. The van der Waals surface area contributed by atoms with Crippen molar-refractivity contribution in [3.8, 4) is 11.8 Å². The van der Waals surface area contributed by atoms with E-state index in [0.29, 0.717) is 23.5 Å². The number of imidazole rings is 1. The van der Waals surface area contributed by atoms with Crippen molar-refractivity contribution >= 4 is 11.9 Å². The van der Waals surface area contributed by atoms with Crippen LogP contribution in [-0.2, 0) is 0 Å². The molecule has 0 fully saturated rings. The summed E-state index contributed by atoms with van der Waals surface area (Å²) in [6.07, 6.45) is 3.58. The van der Waals surface area contributed by atoms with Gasteiger partial charge in [-0.05, 0) is 24.6 Å². The van der Waals surface area contributed by atoms with Crippen molar-refractivity contribution in [2.45, 2.75) is 13.3 Å². The van der Waals surface area contributed by atoms with Crippen LogP contribution in [-0.4, -0.2) is 27.6 Å².